The molecule has 1 amide bonds. The largest absolute Gasteiger partial charge is 0.481 e. The number of nitrogens with zero attached hydrogens (tertiary/aromatic N) is 2. The highest BCUT2D eigenvalue weighted by molar-refractivity contribution is 7.98. The average Bonchev–Trinajstić information content (AvgIpc) is 3.20. The molecule has 0 spiro atoms. The van der Waals surface area contributed by atoms with E-state index < -0.39 is 5.97 Å². The second-order valence-corrected chi connectivity index (χ2v) is 7.88. The van der Waals surface area contributed by atoms with E-state index in [0.717, 1.165) is 16.0 Å². The van der Waals surface area contributed by atoms with Crippen molar-refractivity contribution in [2.75, 3.05) is 11.6 Å². The molecule has 3 aromatic carbocycles. The Balaban J connectivity index is 1.64. The van der Waals surface area contributed by atoms with Crippen LogP contribution >= 0.6 is 11.8 Å². The lowest BCUT2D eigenvalue weighted by Gasteiger charge is -2.18. The van der Waals surface area contributed by atoms with E-state index >= 15 is 0 Å². The Labute approximate surface area is 183 Å². The lowest BCUT2D eigenvalue weighted by atomic mass is 10.0. The second-order valence-electron chi connectivity index (χ2n) is 7.03. The number of aromatic nitrogens is 2. The zero-order chi connectivity index (χ0) is 21.8. The van der Waals surface area contributed by atoms with Crippen LogP contribution in [0.4, 0.5) is 5.69 Å². The summed E-state index contributed by atoms with van der Waals surface area (Å²) in [5.74, 6) is -1.07. The van der Waals surface area contributed by atoms with Gasteiger partial charge in [0.15, 0.2) is 0 Å². The number of benzene rings is 3. The summed E-state index contributed by atoms with van der Waals surface area (Å²) in [4.78, 5) is 29.6. The average molecular weight is 432 g/mol. The number of fused-ring (bicyclic) bond motifs is 1. The number of amides is 1. The Morgan fingerprint density at radius 2 is 1.81 bits per heavy atom. The molecule has 0 aliphatic carbocycles. The third-order valence-electron chi connectivity index (χ3n) is 5.07. The molecule has 1 aromatic heterocycles. The first-order valence-corrected chi connectivity index (χ1v) is 11.0. The summed E-state index contributed by atoms with van der Waals surface area (Å²) in [5.41, 5.74) is 3.63. The highest BCUT2D eigenvalue weighted by atomic mass is 32.2. The molecule has 6 nitrogen and oxygen atoms in total. The van der Waals surface area contributed by atoms with Crippen LogP contribution in [0.15, 0.2) is 84.0 Å². The minimum Gasteiger partial charge on any atom is -0.481 e. The van der Waals surface area contributed by atoms with Crippen LogP contribution in [-0.2, 0) is 4.79 Å². The van der Waals surface area contributed by atoms with Crippen molar-refractivity contribution in [2.24, 2.45) is 0 Å². The van der Waals surface area contributed by atoms with Gasteiger partial charge in [-0.15, -0.1) is 11.8 Å². The molecule has 0 fully saturated rings. The fourth-order valence-corrected chi connectivity index (χ4v) is 4.20. The van der Waals surface area contributed by atoms with Gasteiger partial charge in [0.25, 0.3) is 5.91 Å². The van der Waals surface area contributed by atoms with Crippen molar-refractivity contribution in [1.29, 1.82) is 0 Å². The van der Waals surface area contributed by atoms with Crippen LogP contribution in [0.5, 0.6) is 0 Å². The Bertz CT molecular complexity index is 1240. The molecule has 1 unspecified atom stereocenters. The maximum absolute atomic E-state index is 12.7. The SMILES string of the molecule is CSc1ccccc1C(=O)Nc1ccc2c(c1)ncn2C(CC(=O)O)c1ccccc1. The molecule has 2 N–H and O–H groups in total. The lowest BCUT2D eigenvalue weighted by molar-refractivity contribution is -0.137. The van der Waals surface area contributed by atoms with Gasteiger partial charge in [0.1, 0.15) is 0 Å². The van der Waals surface area contributed by atoms with Crippen molar-refractivity contribution in [2.45, 2.75) is 17.4 Å². The van der Waals surface area contributed by atoms with Crippen molar-refractivity contribution in [3.8, 4) is 0 Å². The van der Waals surface area contributed by atoms with Gasteiger partial charge in [0.2, 0.25) is 0 Å². The predicted octanol–water partition coefficient (Wildman–Crippen LogP) is 5.07. The first kappa shape index (κ1) is 20.7. The molecular weight excluding hydrogens is 410 g/mol. The van der Waals surface area contributed by atoms with Gasteiger partial charge in [-0.05, 0) is 42.2 Å². The van der Waals surface area contributed by atoms with Gasteiger partial charge in [-0.25, -0.2) is 4.98 Å². The van der Waals surface area contributed by atoms with Crippen molar-refractivity contribution < 1.29 is 14.7 Å². The second kappa shape index (κ2) is 9.06. The number of hydrogen-bond acceptors (Lipinski definition) is 4. The van der Waals surface area contributed by atoms with E-state index in [1.54, 1.807) is 18.5 Å². The molecule has 0 aliphatic rings. The highest BCUT2D eigenvalue weighted by Gasteiger charge is 2.20. The standard InChI is InChI=1S/C24H21N3O3S/c1-31-22-10-6-5-9-18(22)24(30)26-17-11-12-20-19(13-17)25-15-27(20)21(14-23(28)29)16-7-3-2-4-8-16/h2-13,15,21H,14H2,1H3,(H,26,30)(H,28,29). The number of anilines is 1. The number of carbonyl (C=O) groups excluding carboxylic acids is 1. The third-order valence-corrected chi connectivity index (χ3v) is 5.87. The fourth-order valence-electron chi connectivity index (χ4n) is 3.61. The number of aliphatic carboxylic acids is 1. The molecule has 7 heteroatoms. The van der Waals surface area contributed by atoms with Crippen molar-refractivity contribution >= 4 is 40.4 Å². The molecule has 0 aliphatic heterocycles. The number of carbonyl (C=O) groups is 2. The van der Waals surface area contributed by atoms with Crippen LogP contribution in [0, 0.1) is 0 Å². The Morgan fingerprint density at radius 3 is 2.55 bits per heavy atom. The molecule has 31 heavy (non-hydrogen) atoms. The maximum atomic E-state index is 12.7. The number of hydrogen-bond donors (Lipinski definition) is 2. The molecule has 1 heterocycles. The number of carboxylic acid groups (broad SMARTS) is 1. The van der Waals surface area contributed by atoms with E-state index in [1.807, 2.05) is 71.5 Å². The fraction of sp³-hybridized carbons (Fsp3) is 0.125. The molecule has 4 aromatic rings. The normalized spacial score (nSPS) is 11.9. The molecule has 0 bridgehead atoms. The number of nitrogens with one attached hydrogen (secondary N) is 1. The first-order valence-electron chi connectivity index (χ1n) is 9.74. The van der Waals surface area contributed by atoms with Gasteiger partial charge in [-0.1, -0.05) is 42.5 Å². The van der Waals surface area contributed by atoms with Crippen LogP contribution in [-0.4, -0.2) is 32.8 Å². The van der Waals surface area contributed by atoms with Crippen molar-refractivity contribution in [3.05, 3.63) is 90.3 Å². The summed E-state index contributed by atoms with van der Waals surface area (Å²) < 4.78 is 1.87. The molecular formula is C24H21N3O3S. The van der Waals surface area contributed by atoms with Gasteiger partial charge in [-0.2, -0.15) is 0 Å². The van der Waals surface area contributed by atoms with E-state index in [4.69, 9.17) is 0 Å². The van der Waals surface area contributed by atoms with Crippen molar-refractivity contribution in [1.82, 2.24) is 9.55 Å². The zero-order valence-corrected chi connectivity index (χ0v) is 17.7. The zero-order valence-electron chi connectivity index (χ0n) is 16.9. The quantitative estimate of drug-likeness (QED) is 0.399. The van der Waals surface area contributed by atoms with E-state index in [-0.39, 0.29) is 18.4 Å². The molecule has 0 saturated heterocycles. The van der Waals surface area contributed by atoms with E-state index in [9.17, 15) is 14.7 Å². The van der Waals surface area contributed by atoms with Crippen LogP contribution < -0.4 is 5.32 Å². The lowest BCUT2D eigenvalue weighted by Crippen LogP contribution is -2.14. The summed E-state index contributed by atoms with van der Waals surface area (Å²) in [6, 6.07) is 22.1. The first-order chi connectivity index (χ1) is 15.1. The van der Waals surface area contributed by atoms with Crippen LogP contribution in [0.1, 0.15) is 28.4 Å². The summed E-state index contributed by atoms with van der Waals surface area (Å²) in [6.45, 7) is 0. The number of rotatable bonds is 7. The highest BCUT2D eigenvalue weighted by Crippen LogP contribution is 2.28. The minimum atomic E-state index is -0.882. The van der Waals surface area contributed by atoms with Gasteiger partial charge in [-0.3, -0.25) is 9.59 Å². The number of thioether (sulfide) groups is 1. The Hall–Kier alpha value is -3.58. The van der Waals surface area contributed by atoms with E-state index in [1.165, 1.54) is 11.8 Å². The summed E-state index contributed by atoms with van der Waals surface area (Å²) in [7, 11) is 0. The number of carboxylic acids is 1. The summed E-state index contributed by atoms with van der Waals surface area (Å²) in [5, 5.41) is 12.4. The van der Waals surface area contributed by atoms with Gasteiger partial charge in [0, 0.05) is 10.6 Å². The van der Waals surface area contributed by atoms with E-state index in [2.05, 4.69) is 10.3 Å². The molecule has 156 valence electrons. The minimum absolute atomic E-state index is 0.0561. The topological polar surface area (TPSA) is 84.2 Å². The summed E-state index contributed by atoms with van der Waals surface area (Å²) >= 11 is 1.52. The predicted molar refractivity (Wildman–Crippen MR) is 123 cm³/mol. The van der Waals surface area contributed by atoms with Gasteiger partial charge in [0.05, 0.1) is 35.4 Å². The van der Waals surface area contributed by atoms with E-state index in [0.29, 0.717) is 16.8 Å². The Kier molecular flexibility index (Phi) is 6.04. The van der Waals surface area contributed by atoms with Gasteiger partial charge >= 0.3 is 5.97 Å². The Morgan fingerprint density at radius 1 is 1.06 bits per heavy atom. The summed E-state index contributed by atoms with van der Waals surface area (Å²) in [6.07, 6.45) is 3.53. The molecule has 1 atom stereocenters. The monoisotopic (exact) mass is 431 g/mol. The molecule has 0 saturated carbocycles. The maximum Gasteiger partial charge on any atom is 0.305 e. The molecule has 0 radical (unpaired) electrons. The van der Waals surface area contributed by atoms with Crippen LogP contribution in [0.25, 0.3) is 11.0 Å². The van der Waals surface area contributed by atoms with Crippen molar-refractivity contribution in [3.63, 3.8) is 0 Å². The third kappa shape index (κ3) is 4.46. The number of imidazole rings is 1. The van der Waals surface area contributed by atoms with Crippen LogP contribution in [0.2, 0.25) is 0 Å². The van der Waals surface area contributed by atoms with Gasteiger partial charge < -0.3 is 15.0 Å². The smallest absolute Gasteiger partial charge is 0.305 e. The van der Waals surface area contributed by atoms with Crippen LogP contribution in [0.3, 0.4) is 0 Å². The molecule has 4 rings (SSSR count).